The number of aldehydes is 1. The van der Waals surface area contributed by atoms with Gasteiger partial charge in [0.25, 0.3) is 0 Å². The SMILES string of the molecule is CC(C)CC(NC(=O)OCc1ccccc1)C(=O)NC(C(=O)NC(C=O)CCCCN)C(C)C. The Balaban J connectivity index is 2.77. The number of nitrogens with two attached hydrogens (primary N) is 1. The zero-order chi connectivity index (χ0) is 25.5. The second-order valence-corrected chi connectivity index (χ2v) is 9.15. The summed E-state index contributed by atoms with van der Waals surface area (Å²) < 4.78 is 5.25. The first-order valence-corrected chi connectivity index (χ1v) is 11.9. The van der Waals surface area contributed by atoms with Crippen molar-refractivity contribution in [3.63, 3.8) is 0 Å². The predicted octanol–water partition coefficient (Wildman–Crippen LogP) is 2.28. The summed E-state index contributed by atoms with van der Waals surface area (Å²) in [4.78, 5) is 49.6. The first-order chi connectivity index (χ1) is 16.2. The van der Waals surface area contributed by atoms with Crippen LogP contribution in [0, 0.1) is 11.8 Å². The van der Waals surface area contributed by atoms with Gasteiger partial charge in [0.1, 0.15) is 25.0 Å². The van der Waals surface area contributed by atoms with Crippen LogP contribution in [0.5, 0.6) is 0 Å². The molecule has 190 valence electrons. The number of nitrogens with one attached hydrogen (secondary N) is 3. The zero-order valence-electron chi connectivity index (χ0n) is 20.7. The summed E-state index contributed by atoms with van der Waals surface area (Å²) in [5.41, 5.74) is 6.31. The molecule has 0 heterocycles. The molecule has 0 aliphatic carbocycles. The van der Waals surface area contributed by atoms with Crippen molar-refractivity contribution in [1.29, 1.82) is 0 Å². The maximum absolute atomic E-state index is 13.0. The summed E-state index contributed by atoms with van der Waals surface area (Å²) in [6, 6.07) is 6.84. The highest BCUT2D eigenvalue weighted by atomic mass is 16.5. The molecule has 0 saturated heterocycles. The van der Waals surface area contributed by atoms with Gasteiger partial charge >= 0.3 is 6.09 Å². The Kier molecular flexibility index (Phi) is 13.5. The minimum atomic E-state index is -0.872. The van der Waals surface area contributed by atoms with E-state index in [9.17, 15) is 19.2 Å². The molecule has 1 aromatic rings. The van der Waals surface area contributed by atoms with Crippen molar-refractivity contribution in [2.75, 3.05) is 6.54 Å². The van der Waals surface area contributed by atoms with Crippen LogP contribution >= 0.6 is 0 Å². The van der Waals surface area contributed by atoms with E-state index in [2.05, 4.69) is 16.0 Å². The van der Waals surface area contributed by atoms with Crippen LogP contribution in [0.25, 0.3) is 0 Å². The summed E-state index contributed by atoms with van der Waals surface area (Å²) in [5.74, 6) is -1.04. The minimum Gasteiger partial charge on any atom is -0.445 e. The number of benzene rings is 1. The molecule has 0 fully saturated rings. The summed E-state index contributed by atoms with van der Waals surface area (Å²) in [5, 5.41) is 8.05. The molecular formula is C25H40N4O5. The number of alkyl carbamates (subject to hydrolysis) is 1. The lowest BCUT2D eigenvalue weighted by atomic mass is 9.99. The molecule has 0 spiro atoms. The fraction of sp³-hybridized carbons (Fsp3) is 0.600. The molecule has 0 bridgehead atoms. The van der Waals surface area contributed by atoms with E-state index in [0.29, 0.717) is 32.1 Å². The van der Waals surface area contributed by atoms with Crippen LogP contribution in [0.4, 0.5) is 4.79 Å². The van der Waals surface area contributed by atoms with E-state index in [1.54, 1.807) is 13.8 Å². The van der Waals surface area contributed by atoms with E-state index in [-0.39, 0.29) is 18.4 Å². The molecule has 0 aliphatic rings. The van der Waals surface area contributed by atoms with Crippen LogP contribution in [0.1, 0.15) is 58.9 Å². The molecule has 1 rings (SSSR count). The predicted molar refractivity (Wildman–Crippen MR) is 131 cm³/mol. The van der Waals surface area contributed by atoms with Gasteiger partial charge in [-0.2, -0.15) is 0 Å². The molecule has 1 aromatic carbocycles. The van der Waals surface area contributed by atoms with Gasteiger partial charge in [0.05, 0.1) is 6.04 Å². The lowest BCUT2D eigenvalue weighted by Gasteiger charge is -2.27. The maximum atomic E-state index is 13.0. The monoisotopic (exact) mass is 476 g/mol. The largest absolute Gasteiger partial charge is 0.445 e. The Morgan fingerprint density at radius 1 is 0.971 bits per heavy atom. The summed E-state index contributed by atoms with van der Waals surface area (Å²) in [6.07, 6.45) is 2.30. The van der Waals surface area contributed by atoms with Crippen molar-refractivity contribution in [1.82, 2.24) is 16.0 Å². The highest BCUT2D eigenvalue weighted by Crippen LogP contribution is 2.10. The smallest absolute Gasteiger partial charge is 0.408 e. The van der Waals surface area contributed by atoms with E-state index in [1.807, 2.05) is 44.2 Å². The van der Waals surface area contributed by atoms with Crippen molar-refractivity contribution < 1.29 is 23.9 Å². The van der Waals surface area contributed by atoms with E-state index >= 15 is 0 Å². The Hall–Kier alpha value is -2.94. The van der Waals surface area contributed by atoms with Crippen LogP contribution in [0.2, 0.25) is 0 Å². The number of carbonyl (C=O) groups is 4. The van der Waals surface area contributed by atoms with E-state index in [4.69, 9.17) is 10.5 Å². The lowest BCUT2D eigenvalue weighted by molar-refractivity contribution is -0.132. The van der Waals surface area contributed by atoms with Gasteiger partial charge in [-0.1, -0.05) is 58.0 Å². The Bertz CT molecular complexity index is 770. The number of unbranched alkanes of at least 4 members (excludes halogenated alkanes) is 1. The molecule has 0 radical (unpaired) electrons. The second-order valence-electron chi connectivity index (χ2n) is 9.15. The fourth-order valence-electron chi connectivity index (χ4n) is 3.35. The minimum absolute atomic E-state index is 0.0803. The van der Waals surface area contributed by atoms with Gasteiger partial charge in [-0.15, -0.1) is 0 Å². The molecule has 0 saturated carbocycles. The molecule has 0 aliphatic heterocycles. The normalized spacial score (nSPS) is 13.6. The van der Waals surface area contributed by atoms with Gasteiger partial charge in [-0.3, -0.25) is 9.59 Å². The summed E-state index contributed by atoms with van der Waals surface area (Å²) in [6.45, 7) is 8.06. The highest BCUT2D eigenvalue weighted by Gasteiger charge is 2.30. The van der Waals surface area contributed by atoms with Crippen LogP contribution in [0.15, 0.2) is 30.3 Å². The average Bonchev–Trinajstić information content (AvgIpc) is 2.80. The number of hydrogen-bond donors (Lipinski definition) is 4. The first kappa shape index (κ1) is 29.1. The van der Waals surface area contributed by atoms with Crippen molar-refractivity contribution in [3.8, 4) is 0 Å². The van der Waals surface area contributed by atoms with Crippen molar-refractivity contribution >= 4 is 24.2 Å². The average molecular weight is 477 g/mol. The van der Waals surface area contributed by atoms with Crippen LogP contribution in [0.3, 0.4) is 0 Å². The molecule has 9 nitrogen and oxygen atoms in total. The molecule has 5 N–H and O–H groups in total. The van der Waals surface area contributed by atoms with Crippen molar-refractivity contribution in [2.24, 2.45) is 17.6 Å². The van der Waals surface area contributed by atoms with Crippen molar-refractivity contribution in [3.05, 3.63) is 35.9 Å². The number of ether oxygens (including phenoxy) is 1. The number of amides is 3. The molecule has 3 unspecified atom stereocenters. The standard InChI is InChI=1S/C25H40N4O5/c1-17(2)14-21(28-25(33)34-16-19-10-6-5-7-11-19)23(31)29-22(18(3)4)24(32)27-20(15-30)12-8-9-13-26/h5-7,10-11,15,17-18,20-22H,8-9,12-14,16,26H2,1-4H3,(H,27,32)(H,28,33)(H,29,31). The highest BCUT2D eigenvalue weighted by molar-refractivity contribution is 5.92. The Morgan fingerprint density at radius 3 is 2.21 bits per heavy atom. The third-order valence-electron chi connectivity index (χ3n) is 5.24. The quantitative estimate of drug-likeness (QED) is 0.226. The third kappa shape index (κ3) is 11.3. The molecule has 34 heavy (non-hydrogen) atoms. The van der Waals surface area contributed by atoms with Gasteiger partial charge in [0.2, 0.25) is 11.8 Å². The van der Waals surface area contributed by atoms with Gasteiger partial charge in [-0.25, -0.2) is 4.79 Å². The van der Waals surface area contributed by atoms with Crippen molar-refractivity contribution in [2.45, 2.75) is 78.1 Å². The first-order valence-electron chi connectivity index (χ1n) is 11.9. The Morgan fingerprint density at radius 2 is 1.65 bits per heavy atom. The van der Waals surface area contributed by atoms with Crippen LogP contribution in [-0.2, 0) is 25.7 Å². The van der Waals surface area contributed by atoms with Gasteiger partial charge < -0.3 is 31.2 Å². The lowest BCUT2D eigenvalue weighted by Crippen LogP contribution is -2.57. The summed E-state index contributed by atoms with van der Waals surface area (Å²) in [7, 11) is 0. The van der Waals surface area contributed by atoms with E-state index in [0.717, 1.165) is 12.0 Å². The fourth-order valence-corrected chi connectivity index (χ4v) is 3.35. The summed E-state index contributed by atoms with van der Waals surface area (Å²) >= 11 is 0. The third-order valence-corrected chi connectivity index (χ3v) is 5.24. The maximum Gasteiger partial charge on any atom is 0.408 e. The van der Waals surface area contributed by atoms with Crippen LogP contribution in [-0.4, -0.2) is 48.9 Å². The molecule has 9 heteroatoms. The molecule has 3 atom stereocenters. The van der Waals surface area contributed by atoms with E-state index in [1.165, 1.54) is 0 Å². The number of hydrogen-bond acceptors (Lipinski definition) is 6. The molecule has 3 amide bonds. The molecular weight excluding hydrogens is 436 g/mol. The van der Waals surface area contributed by atoms with Gasteiger partial charge in [0, 0.05) is 0 Å². The number of rotatable bonds is 15. The van der Waals surface area contributed by atoms with Gasteiger partial charge in [-0.05, 0) is 49.6 Å². The molecule has 0 aromatic heterocycles. The second kappa shape index (κ2) is 15.8. The van der Waals surface area contributed by atoms with E-state index < -0.39 is 36.0 Å². The topological polar surface area (TPSA) is 140 Å². The zero-order valence-corrected chi connectivity index (χ0v) is 20.7. The van der Waals surface area contributed by atoms with Crippen LogP contribution < -0.4 is 21.7 Å². The number of carbonyl (C=O) groups excluding carboxylic acids is 4. The Labute approximate surface area is 202 Å². The van der Waals surface area contributed by atoms with Gasteiger partial charge in [0.15, 0.2) is 0 Å².